The first kappa shape index (κ1) is 10.8. The highest BCUT2D eigenvalue weighted by atomic mass is 16.3. The summed E-state index contributed by atoms with van der Waals surface area (Å²) in [5.74, 6) is 2.83. The molecule has 0 spiro atoms. The summed E-state index contributed by atoms with van der Waals surface area (Å²) in [7, 11) is 0. The number of para-hydroxylation sites is 1. The molecule has 1 aromatic carbocycles. The van der Waals surface area contributed by atoms with Gasteiger partial charge in [-0.2, -0.15) is 0 Å². The van der Waals surface area contributed by atoms with E-state index >= 15 is 0 Å². The molecule has 0 bridgehead atoms. The van der Waals surface area contributed by atoms with Crippen LogP contribution in [-0.4, -0.2) is 6.54 Å². The third-order valence-electron chi connectivity index (χ3n) is 3.83. The monoisotopic (exact) mass is 229 g/mol. The lowest BCUT2D eigenvalue weighted by molar-refractivity contribution is 0.441. The molecule has 0 amide bonds. The first-order valence-electron chi connectivity index (χ1n) is 6.46. The molecule has 2 nitrogen and oxygen atoms in total. The van der Waals surface area contributed by atoms with Crippen LogP contribution in [0.5, 0.6) is 0 Å². The van der Waals surface area contributed by atoms with E-state index in [0.29, 0.717) is 6.04 Å². The molecule has 0 aliphatic heterocycles. The van der Waals surface area contributed by atoms with Crippen molar-refractivity contribution in [2.75, 3.05) is 6.54 Å². The number of rotatable bonds is 4. The lowest BCUT2D eigenvalue weighted by Gasteiger charge is -2.10. The first-order valence-corrected chi connectivity index (χ1v) is 6.46. The second kappa shape index (κ2) is 4.19. The van der Waals surface area contributed by atoms with Gasteiger partial charge >= 0.3 is 0 Å². The average molecular weight is 229 g/mol. The van der Waals surface area contributed by atoms with E-state index in [4.69, 9.17) is 4.42 Å². The minimum atomic E-state index is 0.301. The Morgan fingerprint density at radius 1 is 1.41 bits per heavy atom. The number of nitrogens with one attached hydrogen (secondary N) is 1. The lowest BCUT2D eigenvalue weighted by atomic mass is 10.2. The number of hydrogen-bond donors (Lipinski definition) is 1. The van der Waals surface area contributed by atoms with Crippen LogP contribution in [0.25, 0.3) is 11.0 Å². The Bertz CT molecular complexity index is 483. The zero-order chi connectivity index (χ0) is 11.8. The van der Waals surface area contributed by atoms with E-state index in [9.17, 15) is 0 Å². The largest absolute Gasteiger partial charge is 0.459 e. The summed E-state index contributed by atoms with van der Waals surface area (Å²) < 4.78 is 5.85. The summed E-state index contributed by atoms with van der Waals surface area (Å²) in [6.45, 7) is 5.60. The standard InChI is InChI=1S/C15H19NO/c1-10-7-13(10)9-16-11(2)15-8-12-5-3-4-6-14(12)17-15/h3-6,8,10-11,13,16H,7,9H2,1-2H3. The second-order valence-electron chi connectivity index (χ2n) is 5.29. The molecule has 90 valence electrons. The van der Waals surface area contributed by atoms with Crippen molar-refractivity contribution >= 4 is 11.0 Å². The number of benzene rings is 1. The maximum atomic E-state index is 5.85. The number of fused-ring (bicyclic) bond motifs is 1. The summed E-state index contributed by atoms with van der Waals surface area (Å²) >= 11 is 0. The van der Waals surface area contributed by atoms with E-state index < -0.39 is 0 Å². The van der Waals surface area contributed by atoms with Gasteiger partial charge in [-0.15, -0.1) is 0 Å². The number of furan rings is 1. The molecule has 1 saturated carbocycles. The molecule has 2 aromatic rings. The maximum absolute atomic E-state index is 5.85. The summed E-state index contributed by atoms with van der Waals surface area (Å²) in [6, 6.07) is 10.6. The van der Waals surface area contributed by atoms with Crippen molar-refractivity contribution in [2.45, 2.75) is 26.3 Å². The molecule has 1 heterocycles. The molecule has 2 heteroatoms. The third-order valence-corrected chi connectivity index (χ3v) is 3.83. The Morgan fingerprint density at radius 3 is 2.88 bits per heavy atom. The molecule has 1 N–H and O–H groups in total. The van der Waals surface area contributed by atoms with Crippen LogP contribution in [-0.2, 0) is 0 Å². The van der Waals surface area contributed by atoms with Crippen LogP contribution in [0.2, 0.25) is 0 Å². The predicted octanol–water partition coefficient (Wildman–Crippen LogP) is 3.74. The molecular weight excluding hydrogens is 210 g/mol. The van der Waals surface area contributed by atoms with Crippen molar-refractivity contribution < 1.29 is 4.42 Å². The summed E-state index contributed by atoms with van der Waals surface area (Å²) in [6.07, 6.45) is 1.37. The lowest BCUT2D eigenvalue weighted by Crippen LogP contribution is -2.21. The molecule has 3 unspecified atom stereocenters. The Hall–Kier alpha value is -1.28. The van der Waals surface area contributed by atoms with Crippen molar-refractivity contribution in [3.63, 3.8) is 0 Å². The van der Waals surface area contributed by atoms with E-state index in [2.05, 4.69) is 31.3 Å². The van der Waals surface area contributed by atoms with Crippen LogP contribution in [0, 0.1) is 11.8 Å². The van der Waals surface area contributed by atoms with Crippen molar-refractivity contribution in [1.29, 1.82) is 0 Å². The van der Waals surface area contributed by atoms with Crippen molar-refractivity contribution in [3.05, 3.63) is 36.1 Å². The average Bonchev–Trinajstić information content (AvgIpc) is 2.89. The maximum Gasteiger partial charge on any atom is 0.134 e. The van der Waals surface area contributed by atoms with Gasteiger partial charge in [0.05, 0.1) is 6.04 Å². The number of hydrogen-bond acceptors (Lipinski definition) is 2. The van der Waals surface area contributed by atoms with E-state index in [0.717, 1.165) is 29.7 Å². The molecule has 0 saturated heterocycles. The summed E-state index contributed by atoms with van der Waals surface area (Å²) in [5, 5.41) is 4.75. The Kier molecular flexibility index (Phi) is 2.67. The minimum Gasteiger partial charge on any atom is -0.459 e. The molecule has 1 aliphatic rings. The zero-order valence-electron chi connectivity index (χ0n) is 10.4. The zero-order valence-corrected chi connectivity index (χ0v) is 10.4. The van der Waals surface area contributed by atoms with Gasteiger partial charge in [-0.25, -0.2) is 0 Å². The van der Waals surface area contributed by atoms with Crippen molar-refractivity contribution in [3.8, 4) is 0 Å². The molecule has 17 heavy (non-hydrogen) atoms. The summed E-state index contributed by atoms with van der Waals surface area (Å²) in [5.41, 5.74) is 0.982. The van der Waals surface area contributed by atoms with Crippen molar-refractivity contribution in [2.24, 2.45) is 11.8 Å². The Labute approximate surface area is 102 Å². The molecule has 1 aromatic heterocycles. The van der Waals surface area contributed by atoms with Gasteiger partial charge in [-0.05, 0) is 43.9 Å². The molecule has 3 rings (SSSR count). The summed E-state index contributed by atoms with van der Waals surface area (Å²) in [4.78, 5) is 0. The van der Waals surface area contributed by atoms with Gasteiger partial charge < -0.3 is 9.73 Å². The topological polar surface area (TPSA) is 25.2 Å². The van der Waals surface area contributed by atoms with E-state index in [-0.39, 0.29) is 0 Å². The first-order chi connectivity index (χ1) is 8.24. The fourth-order valence-electron chi connectivity index (χ4n) is 2.33. The van der Waals surface area contributed by atoms with Crippen LogP contribution >= 0.6 is 0 Å². The Balaban J connectivity index is 1.69. The fourth-order valence-corrected chi connectivity index (χ4v) is 2.33. The molecular formula is C15H19NO. The van der Waals surface area contributed by atoms with Crippen LogP contribution in [0.1, 0.15) is 32.1 Å². The normalized spacial score (nSPS) is 25.1. The fraction of sp³-hybridized carbons (Fsp3) is 0.467. The van der Waals surface area contributed by atoms with Gasteiger partial charge in [-0.3, -0.25) is 0 Å². The van der Waals surface area contributed by atoms with E-state index in [1.54, 1.807) is 0 Å². The van der Waals surface area contributed by atoms with Crippen LogP contribution in [0.15, 0.2) is 34.7 Å². The van der Waals surface area contributed by atoms with Gasteiger partial charge in [-0.1, -0.05) is 25.1 Å². The molecule has 1 aliphatic carbocycles. The molecule has 3 atom stereocenters. The molecule has 0 radical (unpaired) electrons. The SMILES string of the molecule is CC(NCC1CC1C)c1cc2ccccc2o1. The predicted molar refractivity (Wildman–Crippen MR) is 69.9 cm³/mol. The van der Waals surface area contributed by atoms with Gasteiger partial charge in [0.25, 0.3) is 0 Å². The highest BCUT2D eigenvalue weighted by Gasteiger charge is 2.32. The van der Waals surface area contributed by atoms with Crippen molar-refractivity contribution in [1.82, 2.24) is 5.32 Å². The van der Waals surface area contributed by atoms with Crippen LogP contribution in [0.3, 0.4) is 0 Å². The van der Waals surface area contributed by atoms with Gasteiger partial charge in [0.15, 0.2) is 0 Å². The minimum absolute atomic E-state index is 0.301. The second-order valence-corrected chi connectivity index (χ2v) is 5.29. The quantitative estimate of drug-likeness (QED) is 0.864. The van der Waals surface area contributed by atoms with Gasteiger partial charge in [0.1, 0.15) is 11.3 Å². The smallest absolute Gasteiger partial charge is 0.134 e. The van der Waals surface area contributed by atoms with Crippen LogP contribution < -0.4 is 5.32 Å². The molecule has 1 fully saturated rings. The third kappa shape index (κ3) is 2.22. The van der Waals surface area contributed by atoms with Gasteiger partial charge in [0.2, 0.25) is 0 Å². The van der Waals surface area contributed by atoms with Crippen LogP contribution in [0.4, 0.5) is 0 Å². The van der Waals surface area contributed by atoms with E-state index in [1.807, 2.05) is 18.2 Å². The van der Waals surface area contributed by atoms with E-state index in [1.165, 1.54) is 11.8 Å². The highest BCUT2D eigenvalue weighted by Crippen LogP contribution is 2.37. The highest BCUT2D eigenvalue weighted by molar-refractivity contribution is 5.77. The Morgan fingerprint density at radius 2 is 2.18 bits per heavy atom. The van der Waals surface area contributed by atoms with Gasteiger partial charge in [0, 0.05) is 5.39 Å².